The molecule has 1 nitrogen and oxygen atoms in total. The molecule has 1 aromatic carbocycles. The normalized spacial score (nSPS) is 19.9. The average molecular weight is 300 g/mol. The van der Waals surface area contributed by atoms with Gasteiger partial charge in [-0.15, -0.1) is 0 Å². The molecule has 1 unspecified atom stereocenters. The largest absolute Gasteiger partial charge is 0.508 e. The van der Waals surface area contributed by atoms with Gasteiger partial charge >= 0.3 is 0 Å². The van der Waals surface area contributed by atoms with Crippen LogP contribution in [0.2, 0.25) is 0 Å². The van der Waals surface area contributed by atoms with Crippen LogP contribution in [0.5, 0.6) is 5.75 Å². The molecule has 1 aliphatic rings. The first kappa shape index (κ1) is 17.1. The van der Waals surface area contributed by atoms with Crippen LogP contribution in [0.4, 0.5) is 0 Å². The van der Waals surface area contributed by atoms with Crippen LogP contribution in [-0.2, 0) is 5.41 Å². The standard InChI is InChI=1S/C21H32O/c1-15-8-7-9-16(12-15)18-11-10-17(13-19(18)22)21(5,6)14-20(2,3)4/h10-13,16,22H,7-9,14H2,1-6H3. The Morgan fingerprint density at radius 3 is 2.36 bits per heavy atom. The second-order valence-electron chi connectivity index (χ2n) is 8.91. The topological polar surface area (TPSA) is 20.2 Å². The van der Waals surface area contributed by atoms with Crippen LogP contribution < -0.4 is 0 Å². The van der Waals surface area contributed by atoms with E-state index < -0.39 is 0 Å². The van der Waals surface area contributed by atoms with Gasteiger partial charge in [0.25, 0.3) is 0 Å². The molecule has 1 aromatic rings. The number of allylic oxidation sites excluding steroid dienone is 2. The van der Waals surface area contributed by atoms with E-state index in [1.165, 1.54) is 24.0 Å². The number of benzene rings is 1. The minimum Gasteiger partial charge on any atom is -0.508 e. The Balaban J connectivity index is 2.28. The smallest absolute Gasteiger partial charge is 0.119 e. The maximum absolute atomic E-state index is 10.6. The van der Waals surface area contributed by atoms with Crippen LogP contribution in [0.3, 0.4) is 0 Å². The summed E-state index contributed by atoms with van der Waals surface area (Å²) in [6.07, 6.45) is 7.01. The van der Waals surface area contributed by atoms with E-state index in [1.54, 1.807) is 0 Å². The summed E-state index contributed by atoms with van der Waals surface area (Å²) in [5, 5.41) is 10.6. The van der Waals surface area contributed by atoms with Crippen LogP contribution in [0.1, 0.15) is 84.3 Å². The number of phenols is 1. The van der Waals surface area contributed by atoms with Gasteiger partial charge in [-0.25, -0.2) is 0 Å². The first-order valence-electron chi connectivity index (χ1n) is 8.59. The summed E-state index contributed by atoms with van der Waals surface area (Å²) in [7, 11) is 0. The fourth-order valence-corrected chi connectivity index (χ4v) is 4.06. The van der Waals surface area contributed by atoms with Crippen molar-refractivity contribution in [1.29, 1.82) is 0 Å². The maximum atomic E-state index is 10.6. The van der Waals surface area contributed by atoms with Gasteiger partial charge in [0.15, 0.2) is 0 Å². The molecule has 22 heavy (non-hydrogen) atoms. The van der Waals surface area contributed by atoms with Gasteiger partial charge in [0.1, 0.15) is 5.75 Å². The first-order chi connectivity index (χ1) is 10.1. The molecule has 0 spiro atoms. The Morgan fingerprint density at radius 2 is 1.82 bits per heavy atom. The Labute approximate surface area is 136 Å². The van der Waals surface area contributed by atoms with E-state index in [9.17, 15) is 5.11 Å². The lowest BCUT2D eigenvalue weighted by Crippen LogP contribution is -2.24. The molecule has 122 valence electrons. The van der Waals surface area contributed by atoms with Gasteiger partial charge in [-0.05, 0) is 55.1 Å². The number of hydrogen-bond donors (Lipinski definition) is 1. The third kappa shape index (κ3) is 4.15. The van der Waals surface area contributed by atoms with Crippen molar-refractivity contribution in [2.75, 3.05) is 0 Å². The van der Waals surface area contributed by atoms with Gasteiger partial charge < -0.3 is 5.11 Å². The predicted octanol–water partition coefficient (Wildman–Crippen LogP) is 6.32. The number of phenolic OH excluding ortho intramolecular Hbond substituents is 1. The quantitative estimate of drug-likeness (QED) is 0.647. The summed E-state index contributed by atoms with van der Waals surface area (Å²) in [6.45, 7) is 13.6. The summed E-state index contributed by atoms with van der Waals surface area (Å²) < 4.78 is 0. The lowest BCUT2D eigenvalue weighted by Gasteiger charge is -2.33. The van der Waals surface area contributed by atoms with Crippen molar-refractivity contribution < 1.29 is 5.11 Å². The average Bonchev–Trinajstić information content (AvgIpc) is 2.35. The van der Waals surface area contributed by atoms with Crippen molar-refractivity contribution in [1.82, 2.24) is 0 Å². The third-order valence-corrected chi connectivity index (χ3v) is 4.76. The summed E-state index contributed by atoms with van der Waals surface area (Å²) in [4.78, 5) is 0. The Morgan fingerprint density at radius 1 is 1.14 bits per heavy atom. The van der Waals surface area contributed by atoms with E-state index in [1.807, 2.05) is 6.07 Å². The van der Waals surface area contributed by atoms with Crippen molar-refractivity contribution >= 4 is 0 Å². The molecule has 0 aromatic heterocycles. The minimum absolute atomic E-state index is 0.0760. The Bertz CT molecular complexity index is 558. The molecule has 0 amide bonds. The zero-order valence-corrected chi connectivity index (χ0v) is 15.2. The summed E-state index contributed by atoms with van der Waals surface area (Å²) >= 11 is 0. The second kappa shape index (κ2) is 6.10. The molecule has 0 heterocycles. The highest BCUT2D eigenvalue weighted by Crippen LogP contribution is 2.40. The molecule has 1 N–H and O–H groups in total. The highest BCUT2D eigenvalue weighted by molar-refractivity contribution is 5.43. The van der Waals surface area contributed by atoms with Crippen molar-refractivity contribution in [3.63, 3.8) is 0 Å². The molecule has 2 rings (SSSR count). The number of aromatic hydroxyl groups is 1. The van der Waals surface area contributed by atoms with E-state index >= 15 is 0 Å². The molecular formula is C21H32O. The minimum atomic E-state index is 0.0760. The Hall–Kier alpha value is -1.24. The van der Waals surface area contributed by atoms with E-state index in [2.05, 4.69) is 59.8 Å². The van der Waals surface area contributed by atoms with Crippen molar-refractivity contribution in [3.05, 3.63) is 41.0 Å². The SMILES string of the molecule is CC1=CC(c2ccc(C(C)(C)CC(C)(C)C)cc2O)CCC1. The van der Waals surface area contributed by atoms with Gasteiger partial charge in [-0.2, -0.15) is 0 Å². The van der Waals surface area contributed by atoms with Crippen molar-refractivity contribution in [2.45, 2.75) is 78.6 Å². The van der Waals surface area contributed by atoms with Crippen LogP contribution in [-0.4, -0.2) is 5.11 Å². The lowest BCUT2D eigenvalue weighted by molar-refractivity contribution is 0.283. The molecule has 0 fully saturated rings. The molecular weight excluding hydrogens is 268 g/mol. The highest BCUT2D eigenvalue weighted by Gasteiger charge is 2.28. The van der Waals surface area contributed by atoms with Gasteiger partial charge in [0.2, 0.25) is 0 Å². The van der Waals surface area contributed by atoms with E-state index in [0.717, 1.165) is 18.4 Å². The first-order valence-corrected chi connectivity index (χ1v) is 8.59. The Kier molecular flexibility index (Phi) is 4.75. The van der Waals surface area contributed by atoms with E-state index in [4.69, 9.17) is 0 Å². The molecule has 0 saturated heterocycles. The molecule has 0 bridgehead atoms. The molecule has 1 aliphatic carbocycles. The van der Waals surface area contributed by atoms with Crippen molar-refractivity contribution in [2.24, 2.45) is 5.41 Å². The number of hydrogen-bond acceptors (Lipinski definition) is 1. The summed E-state index contributed by atoms with van der Waals surface area (Å²) in [5.74, 6) is 0.851. The monoisotopic (exact) mass is 300 g/mol. The molecule has 1 atom stereocenters. The summed E-state index contributed by atoms with van der Waals surface area (Å²) in [5.41, 5.74) is 4.13. The van der Waals surface area contributed by atoms with E-state index in [0.29, 0.717) is 11.7 Å². The third-order valence-electron chi connectivity index (χ3n) is 4.76. The van der Waals surface area contributed by atoms with Crippen LogP contribution in [0, 0.1) is 5.41 Å². The molecule has 1 heteroatoms. The fraction of sp³-hybridized carbons (Fsp3) is 0.619. The molecule has 0 saturated carbocycles. The highest BCUT2D eigenvalue weighted by atomic mass is 16.3. The molecule has 0 aliphatic heterocycles. The lowest BCUT2D eigenvalue weighted by atomic mass is 9.72. The van der Waals surface area contributed by atoms with Gasteiger partial charge in [0, 0.05) is 11.5 Å². The predicted molar refractivity (Wildman–Crippen MR) is 95.6 cm³/mol. The maximum Gasteiger partial charge on any atom is 0.119 e. The fourth-order valence-electron chi connectivity index (χ4n) is 4.06. The van der Waals surface area contributed by atoms with Gasteiger partial charge in [0.05, 0.1) is 0 Å². The van der Waals surface area contributed by atoms with Crippen LogP contribution in [0.15, 0.2) is 29.8 Å². The van der Waals surface area contributed by atoms with Crippen molar-refractivity contribution in [3.8, 4) is 5.75 Å². The zero-order valence-electron chi connectivity index (χ0n) is 15.2. The van der Waals surface area contributed by atoms with E-state index in [-0.39, 0.29) is 10.8 Å². The molecule has 0 radical (unpaired) electrons. The summed E-state index contributed by atoms with van der Waals surface area (Å²) in [6, 6.07) is 6.37. The second-order valence-corrected chi connectivity index (χ2v) is 8.91. The number of rotatable bonds is 3. The zero-order chi connectivity index (χ0) is 16.5. The van der Waals surface area contributed by atoms with Gasteiger partial charge in [-0.3, -0.25) is 0 Å². The van der Waals surface area contributed by atoms with Crippen LogP contribution in [0.25, 0.3) is 0 Å². The van der Waals surface area contributed by atoms with Crippen LogP contribution >= 0.6 is 0 Å². The van der Waals surface area contributed by atoms with Gasteiger partial charge in [-0.1, -0.05) is 58.4 Å².